The molecule has 0 aliphatic rings. The third kappa shape index (κ3) is 3.31. The Labute approximate surface area is 78.7 Å². The summed E-state index contributed by atoms with van der Waals surface area (Å²) < 4.78 is 6.42. The fourth-order valence-electron chi connectivity index (χ4n) is 0.593. The summed E-state index contributed by atoms with van der Waals surface area (Å²) in [5.74, 6) is 0. The minimum absolute atomic E-state index is 0.276. The summed E-state index contributed by atoms with van der Waals surface area (Å²) in [7, 11) is 0. The van der Waals surface area contributed by atoms with Crippen LogP contribution in [0.25, 0.3) is 0 Å². The van der Waals surface area contributed by atoms with Crippen molar-refractivity contribution in [2.75, 3.05) is 0 Å². The van der Waals surface area contributed by atoms with Crippen molar-refractivity contribution in [1.82, 2.24) is 4.98 Å². The summed E-state index contributed by atoms with van der Waals surface area (Å²) in [5.41, 5.74) is 0. The number of nitrogens with zero attached hydrogens (tertiary/aromatic N) is 1. The number of ether oxygens (including phenoxy) is 1. The molecular weight excluding hydrogens is 226 g/mol. The van der Waals surface area contributed by atoms with Crippen LogP contribution in [0, 0.1) is 0 Å². The fraction of sp³-hybridized carbons (Fsp3) is 0.571. The first-order valence-electron chi connectivity index (χ1n) is 3.40. The molecule has 0 radical (unpaired) electrons. The van der Waals surface area contributed by atoms with Crippen molar-refractivity contribution < 1.29 is 4.74 Å². The average molecular weight is 236 g/mol. The van der Waals surface area contributed by atoms with Crippen molar-refractivity contribution >= 4 is 27.3 Å². The third-order valence-corrected chi connectivity index (χ3v) is 2.52. The van der Waals surface area contributed by atoms with Crippen LogP contribution in [0.1, 0.15) is 18.9 Å². The monoisotopic (exact) mass is 235 g/mol. The van der Waals surface area contributed by atoms with Gasteiger partial charge in [0.25, 0.3) is 0 Å². The van der Waals surface area contributed by atoms with Crippen molar-refractivity contribution in [2.24, 2.45) is 0 Å². The van der Waals surface area contributed by atoms with Gasteiger partial charge in [0.1, 0.15) is 5.01 Å². The largest absolute Gasteiger partial charge is 0.372 e. The second-order valence-electron chi connectivity index (χ2n) is 2.42. The zero-order valence-corrected chi connectivity index (χ0v) is 8.91. The van der Waals surface area contributed by atoms with Gasteiger partial charge >= 0.3 is 0 Å². The van der Waals surface area contributed by atoms with Crippen LogP contribution in [0.2, 0.25) is 0 Å². The third-order valence-electron chi connectivity index (χ3n) is 1.07. The smallest absolute Gasteiger partial charge is 0.119 e. The molecule has 62 valence electrons. The van der Waals surface area contributed by atoms with E-state index in [9.17, 15) is 0 Å². The molecule has 0 spiro atoms. The normalized spacial score (nSPS) is 10.9. The number of halogens is 1. The van der Waals surface area contributed by atoms with Gasteiger partial charge in [0.05, 0.1) is 22.7 Å². The summed E-state index contributed by atoms with van der Waals surface area (Å²) in [4.78, 5) is 4.13. The highest BCUT2D eigenvalue weighted by Crippen LogP contribution is 2.19. The highest BCUT2D eigenvalue weighted by atomic mass is 79.9. The molecule has 0 saturated heterocycles. The van der Waals surface area contributed by atoms with Crippen molar-refractivity contribution in [1.29, 1.82) is 0 Å². The number of hydrogen-bond donors (Lipinski definition) is 0. The van der Waals surface area contributed by atoms with E-state index in [2.05, 4.69) is 20.9 Å². The van der Waals surface area contributed by atoms with Crippen molar-refractivity contribution in [2.45, 2.75) is 26.6 Å². The van der Waals surface area contributed by atoms with Gasteiger partial charge < -0.3 is 4.74 Å². The molecule has 0 aliphatic heterocycles. The topological polar surface area (TPSA) is 22.1 Å². The molecule has 1 aromatic rings. The molecule has 0 aromatic carbocycles. The lowest BCUT2D eigenvalue weighted by Crippen LogP contribution is -2.01. The quantitative estimate of drug-likeness (QED) is 0.805. The minimum Gasteiger partial charge on any atom is -0.372 e. The fourth-order valence-corrected chi connectivity index (χ4v) is 1.82. The molecule has 1 rings (SSSR count). The highest BCUT2D eigenvalue weighted by molar-refractivity contribution is 9.11. The van der Waals surface area contributed by atoms with E-state index in [0.29, 0.717) is 6.61 Å². The Morgan fingerprint density at radius 1 is 1.73 bits per heavy atom. The zero-order chi connectivity index (χ0) is 8.27. The van der Waals surface area contributed by atoms with Gasteiger partial charge in [0, 0.05) is 0 Å². The van der Waals surface area contributed by atoms with Crippen molar-refractivity contribution in [3.05, 3.63) is 15.0 Å². The van der Waals surface area contributed by atoms with E-state index in [1.165, 1.54) is 0 Å². The maximum Gasteiger partial charge on any atom is 0.119 e. The molecule has 0 N–H and O–H groups in total. The lowest BCUT2D eigenvalue weighted by Gasteiger charge is -2.03. The molecule has 0 bridgehead atoms. The Bertz CT molecular complexity index is 224. The highest BCUT2D eigenvalue weighted by Gasteiger charge is 2.00. The maximum atomic E-state index is 5.37. The summed E-state index contributed by atoms with van der Waals surface area (Å²) >= 11 is 4.95. The molecular formula is C7H10BrNOS. The van der Waals surface area contributed by atoms with Crippen LogP contribution in [0.4, 0.5) is 0 Å². The lowest BCUT2D eigenvalue weighted by atomic mass is 10.5. The van der Waals surface area contributed by atoms with Crippen molar-refractivity contribution in [3.63, 3.8) is 0 Å². The summed E-state index contributed by atoms with van der Waals surface area (Å²) in [6.07, 6.45) is 2.07. The number of rotatable bonds is 3. The van der Waals surface area contributed by atoms with Gasteiger partial charge in [-0.05, 0) is 29.8 Å². The van der Waals surface area contributed by atoms with Crippen LogP contribution in [0.3, 0.4) is 0 Å². The van der Waals surface area contributed by atoms with E-state index in [4.69, 9.17) is 4.74 Å². The van der Waals surface area contributed by atoms with Crippen molar-refractivity contribution in [3.8, 4) is 0 Å². The Morgan fingerprint density at radius 3 is 2.91 bits per heavy atom. The van der Waals surface area contributed by atoms with E-state index in [1.54, 1.807) is 17.5 Å². The average Bonchev–Trinajstić information content (AvgIpc) is 2.31. The molecule has 1 heterocycles. The van der Waals surface area contributed by atoms with E-state index in [-0.39, 0.29) is 6.10 Å². The second kappa shape index (κ2) is 4.18. The van der Waals surface area contributed by atoms with Crippen LogP contribution in [0.5, 0.6) is 0 Å². The van der Waals surface area contributed by atoms with Gasteiger partial charge in [0.15, 0.2) is 0 Å². The number of hydrogen-bond acceptors (Lipinski definition) is 3. The Kier molecular flexibility index (Phi) is 3.48. The summed E-state index contributed by atoms with van der Waals surface area (Å²) in [6, 6.07) is 0. The first-order chi connectivity index (χ1) is 5.18. The summed E-state index contributed by atoms with van der Waals surface area (Å²) in [5, 5.41) is 1.02. The Balaban J connectivity index is 2.39. The minimum atomic E-state index is 0.276. The van der Waals surface area contributed by atoms with Crippen LogP contribution in [-0.4, -0.2) is 11.1 Å². The number of aromatic nitrogens is 1. The van der Waals surface area contributed by atoms with Gasteiger partial charge in [0.2, 0.25) is 0 Å². The SMILES string of the molecule is CC(C)OCc1ncc(Br)s1. The maximum absolute atomic E-state index is 5.37. The molecule has 2 nitrogen and oxygen atoms in total. The summed E-state index contributed by atoms with van der Waals surface area (Å²) in [6.45, 7) is 4.65. The first-order valence-corrected chi connectivity index (χ1v) is 5.01. The molecule has 11 heavy (non-hydrogen) atoms. The van der Waals surface area contributed by atoms with Crippen LogP contribution in [0.15, 0.2) is 9.98 Å². The van der Waals surface area contributed by atoms with E-state index in [0.717, 1.165) is 8.79 Å². The molecule has 1 aromatic heterocycles. The van der Waals surface area contributed by atoms with Crippen LogP contribution >= 0.6 is 27.3 Å². The molecule has 4 heteroatoms. The number of thiazole rings is 1. The van der Waals surface area contributed by atoms with Crippen LogP contribution in [-0.2, 0) is 11.3 Å². The van der Waals surface area contributed by atoms with Gasteiger partial charge in [-0.1, -0.05) is 0 Å². The first kappa shape index (κ1) is 9.16. The lowest BCUT2D eigenvalue weighted by molar-refractivity contribution is 0.0656. The molecule has 0 saturated carbocycles. The standard InChI is InChI=1S/C7H10BrNOS/c1-5(2)10-4-7-9-3-6(8)11-7/h3,5H,4H2,1-2H3. The van der Waals surface area contributed by atoms with Crippen LogP contribution < -0.4 is 0 Å². The zero-order valence-electron chi connectivity index (χ0n) is 6.50. The molecule has 0 fully saturated rings. The van der Waals surface area contributed by atoms with E-state index in [1.807, 2.05) is 13.8 Å². The molecule has 0 unspecified atom stereocenters. The van der Waals surface area contributed by atoms with E-state index < -0.39 is 0 Å². The van der Waals surface area contributed by atoms with Gasteiger partial charge in [-0.2, -0.15) is 0 Å². The second-order valence-corrected chi connectivity index (χ2v) is 4.91. The predicted molar refractivity (Wildman–Crippen MR) is 49.7 cm³/mol. The van der Waals surface area contributed by atoms with Gasteiger partial charge in [-0.15, -0.1) is 11.3 Å². The molecule has 0 amide bonds. The molecule has 0 aliphatic carbocycles. The predicted octanol–water partition coefficient (Wildman–Crippen LogP) is 2.83. The Morgan fingerprint density at radius 2 is 2.45 bits per heavy atom. The Hall–Kier alpha value is 0.0700. The molecule has 0 atom stereocenters. The van der Waals surface area contributed by atoms with Gasteiger partial charge in [-0.25, -0.2) is 4.98 Å². The van der Waals surface area contributed by atoms with Gasteiger partial charge in [-0.3, -0.25) is 0 Å². The van der Waals surface area contributed by atoms with E-state index >= 15 is 0 Å².